The van der Waals surface area contributed by atoms with Gasteiger partial charge in [0.15, 0.2) is 11.5 Å². The van der Waals surface area contributed by atoms with Crippen molar-refractivity contribution in [2.75, 3.05) is 12.4 Å². The second-order valence-corrected chi connectivity index (χ2v) is 7.66. The topological polar surface area (TPSA) is 117 Å². The molecule has 0 saturated carbocycles. The van der Waals surface area contributed by atoms with E-state index >= 15 is 0 Å². The Hall–Kier alpha value is -3.30. The van der Waals surface area contributed by atoms with Gasteiger partial charge in [-0.25, -0.2) is 0 Å². The summed E-state index contributed by atoms with van der Waals surface area (Å²) in [5.74, 6) is 0.804. The summed E-state index contributed by atoms with van der Waals surface area (Å²) in [6.07, 6.45) is 0. The number of nitrogens with two attached hydrogens (primary N) is 1. The predicted octanol–water partition coefficient (Wildman–Crippen LogP) is 3.34. The van der Waals surface area contributed by atoms with Gasteiger partial charge in [-0.2, -0.15) is 4.68 Å². The molecule has 4 rings (SSSR count). The molecule has 9 nitrogen and oxygen atoms in total. The number of nitrogens with zero attached hydrogens (tertiary/aromatic N) is 4. The highest BCUT2D eigenvalue weighted by Gasteiger charge is 2.33. The van der Waals surface area contributed by atoms with E-state index in [0.29, 0.717) is 44.3 Å². The molecular weight excluding hydrogens is 443 g/mol. The van der Waals surface area contributed by atoms with Crippen LogP contribution < -0.4 is 20.5 Å². The fourth-order valence-electron chi connectivity index (χ4n) is 3.41. The van der Waals surface area contributed by atoms with Gasteiger partial charge < -0.3 is 20.5 Å². The van der Waals surface area contributed by atoms with Crippen molar-refractivity contribution in [1.82, 2.24) is 20.2 Å². The number of anilines is 1. The average Bonchev–Trinajstić information content (AvgIpc) is 3.19. The number of nitrogens with one attached hydrogen (secondary N) is 1. The van der Waals surface area contributed by atoms with Gasteiger partial charge in [0.1, 0.15) is 12.6 Å². The second kappa shape index (κ2) is 8.44. The second-order valence-electron chi connectivity index (χ2n) is 6.81. The number of amides is 1. The maximum Gasteiger partial charge on any atom is 0.248 e. The largest absolute Gasteiger partial charge is 0.493 e. The molecule has 160 valence electrons. The summed E-state index contributed by atoms with van der Waals surface area (Å²) < 4.78 is 12.9. The summed E-state index contributed by atoms with van der Waals surface area (Å²) in [6, 6.07) is 9.90. The summed E-state index contributed by atoms with van der Waals surface area (Å²) in [5, 5.41) is 15.7. The number of ether oxygens (including phenoxy) is 2. The molecule has 11 heteroatoms. The molecule has 3 aromatic rings. The Bertz CT molecular complexity index is 1190. The number of hydrogen-bond donors (Lipinski definition) is 2. The van der Waals surface area contributed by atoms with Gasteiger partial charge in [-0.3, -0.25) is 4.79 Å². The summed E-state index contributed by atoms with van der Waals surface area (Å²) in [5.41, 5.74) is 8.07. The third kappa shape index (κ3) is 4.01. The van der Waals surface area contributed by atoms with Crippen LogP contribution in [0.2, 0.25) is 10.0 Å². The van der Waals surface area contributed by atoms with Gasteiger partial charge in [0, 0.05) is 21.3 Å². The van der Waals surface area contributed by atoms with Gasteiger partial charge >= 0.3 is 0 Å². The Morgan fingerprint density at radius 1 is 1.23 bits per heavy atom. The van der Waals surface area contributed by atoms with E-state index in [2.05, 4.69) is 20.8 Å². The lowest BCUT2D eigenvalue weighted by Gasteiger charge is -2.27. The van der Waals surface area contributed by atoms with E-state index in [0.717, 1.165) is 5.56 Å². The molecule has 2 aromatic carbocycles. The predicted molar refractivity (Wildman–Crippen MR) is 115 cm³/mol. The van der Waals surface area contributed by atoms with Gasteiger partial charge in [-0.15, -0.1) is 0 Å². The summed E-state index contributed by atoms with van der Waals surface area (Å²) in [4.78, 5) is 12.2. The first-order valence-corrected chi connectivity index (χ1v) is 9.94. The average molecular weight is 461 g/mol. The van der Waals surface area contributed by atoms with E-state index in [1.165, 1.54) is 11.8 Å². The normalized spacial score (nSPS) is 15.3. The molecule has 1 amide bonds. The highest BCUT2D eigenvalue weighted by molar-refractivity contribution is 6.35. The third-order valence-electron chi connectivity index (χ3n) is 4.88. The standard InChI is InChI=1S/C20H18Cl2N6O3/c1-10-17(19(23)29)18(28-20(24-10)25-26-27-28)11-4-6-15(16(7-11)30-2)31-9-12-3-5-13(21)8-14(12)22/h3-8,18H,9H2,1-2H3,(H2,23,29)(H,24,25,27)/t18-/m0/s1. The minimum absolute atomic E-state index is 0.224. The third-order valence-corrected chi connectivity index (χ3v) is 5.47. The fraction of sp³-hybridized carbons (Fsp3) is 0.200. The molecule has 0 aliphatic carbocycles. The first kappa shape index (κ1) is 21.0. The van der Waals surface area contributed by atoms with Crippen LogP contribution in [0.3, 0.4) is 0 Å². The Balaban J connectivity index is 1.67. The van der Waals surface area contributed by atoms with Gasteiger partial charge in [0.05, 0.1) is 12.7 Å². The molecule has 2 heterocycles. The molecule has 1 aliphatic heterocycles. The zero-order valence-corrected chi connectivity index (χ0v) is 18.1. The van der Waals surface area contributed by atoms with Crippen molar-refractivity contribution in [2.45, 2.75) is 19.6 Å². The van der Waals surface area contributed by atoms with Crippen molar-refractivity contribution < 1.29 is 14.3 Å². The molecular formula is C20H18Cl2N6O3. The minimum atomic E-state index is -0.614. The van der Waals surface area contributed by atoms with Crippen LogP contribution in [0.5, 0.6) is 11.5 Å². The van der Waals surface area contributed by atoms with Crippen molar-refractivity contribution in [2.24, 2.45) is 5.73 Å². The maximum atomic E-state index is 12.2. The number of halogens is 2. The number of carbonyl (C=O) groups is 1. The molecule has 0 unspecified atom stereocenters. The monoisotopic (exact) mass is 460 g/mol. The number of carbonyl (C=O) groups excluding carboxylic acids is 1. The van der Waals surface area contributed by atoms with Crippen molar-refractivity contribution in [1.29, 1.82) is 0 Å². The highest BCUT2D eigenvalue weighted by Crippen LogP contribution is 2.38. The van der Waals surface area contributed by atoms with Crippen LogP contribution in [0.4, 0.5) is 5.95 Å². The smallest absolute Gasteiger partial charge is 0.248 e. The lowest BCUT2D eigenvalue weighted by molar-refractivity contribution is -0.115. The molecule has 0 fully saturated rings. The summed E-state index contributed by atoms with van der Waals surface area (Å²) in [6.45, 7) is 1.97. The Kier molecular flexibility index (Phi) is 5.71. The number of benzene rings is 2. The fourth-order valence-corrected chi connectivity index (χ4v) is 3.87. The Labute approximate surface area is 187 Å². The quantitative estimate of drug-likeness (QED) is 0.578. The molecule has 0 spiro atoms. The van der Waals surface area contributed by atoms with Crippen molar-refractivity contribution in [3.63, 3.8) is 0 Å². The van der Waals surface area contributed by atoms with Gasteiger partial charge in [0.2, 0.25) is 11.9 Å². The minimum Gasteiger partial charge on any atom is -0.493 e. The first-order chi connectivity index (χ1) is 14.9. The number of primary amides is 1. The van der Waals surface area contributed by atoms with Gasteiger partial charge in [-0.1, -0.05) is 40.4 Å². The van der Waals surface area contributed by atoms with E-state index in [9.17, 15) is 4.79 Å². The van der Waals surface area contributed by atoms with E-state index in [1.807, 2.05) is 0 Å². The van der Waals surface area contributed by atoms with E-state index in [1.54, 1.807) is 43.3 Å². The number of tetrazole rings is 1. The maximum absolute atomic E-state index is 12.2. The van der Waals surface area contributed by atoms with Gasteiger partial charge in [-0.05, 0) is 47.2 Å². The number of rotatable bonds is 6. The molecule has 0 saturated heterocycles. The van der Waals surface area contributed by atoms with Gasteiger partial charge in [0.25, 0.3) is 0 Å². The highest BCUT2D eigenvalue weighted by atomic mass is 35.5. The lowest BCUT2D eigenvalue weighted by atomic mass is 9.95. The summed E-state index contributed by atoms with van der Waals surface area (Å²) >= 11 is 12.2. The van der Waals surface area contributed by atoms with Crippen LogP contribution in [0.15, 0.2) is 47.7 Å². The molecule has 1 aromatic heterocycles. The lowest BCUT2D eigenvalue weighted by Crippen LogP contribution is -2.31. The van der Waals surface area contributed by atoms with Crippen LogP contribution in [0, 0.1) is 0 Å². The molecule has 1 atom stereocenters. The first-order valence-electron chi connectivity index (χ1n) is 9.19. The van der Waals surface area contributed by atoms with Crippen LogP contribution in [-0.2, 0) is 11.4 Å². The van der Waals surface area contributed by atoms with Crippen LogP contribution in [-0.4, -0.2) is 33.2 Å². The van der Waals surface area contributed by atoms with Crippen LogP contribution in [0.25, 0.3) is 0 Å². The zero-order chi connectivity index (χ0) is 22.1. The van der Waals surface area contributed by atoms with E-state index < -0.39 is 11.9 Å². The number of aromatic nitrogens is 4. The van der Waals surface area contributed by atoms with Crippen molar-refractivity contribution in [3.05, 3.63) is 68.8 Å². The SMILES string of the molecule is COc1cc([C@H]2C(C(N)=O)=C(C)Nc3nnnn32)ccc1OCc1ccc(Cl)cc1Cl. The Morgan fingerprint density at radius 2 is 2.03 bits per heavy atom. The van der Waals surface area contributed by atoms with Crippen molar-refractivity contribution in [3.8, 4) is 11.5 Å². The number of allylic oxidation sites excluding steroid dienone is 1. The Morgan fingerprint density at radius 3 is 2.74 bits per heavy atom. The van der Waals surface area contributed by atoms with Crippen LogP contribution in [0.1, 0.15) is 24.1 Å². The molecule has 1 aliphatic rings. The van der Waals surface area contributed by atoms with Crippen LogP contribution >= 0.6 is 23.2 Å². The number of methoxy groups -OCH3 is 1. The van der Waals surface area contributed by atoms with E-state index in [4.69, 9.17) is 38.4 Å². The molecule has 31 heavy (non-hydrogen) atoms. The molecule has 3 N–H and O–H groups in total. The zero-order valence-electron chi connectivity index (χ0n) is 16.6. The number of fused-ring (bicyclic) bond motifs is 1. The number of hydrogen-bond acceptors (Lipinski definition) is 7. The molecule has 0 radical (unpaired) electrons. The van der Waals surface area contributed by atoms with E-state index in [-0.39, 0.29) is 6.61 Å². The van der Waals surface area contributed by atoms with Crippen molar-refractivity contribution >= 4 is 35.1 Å². The summed E-state index contributed by atoms with van der Waals surface area (Å²) in [7, 11) is 1.53. The molecule has 0 bridgehead atoms.